The number of rotatable bonds is 7. The Balaban J connectivity index is 2.09. The van der Waals surface area contributed by atoms with Gasteiger partial charge in [0.25, 0.3) is 0 Å². The van der Waals surface area contributed by atoms with Gasteiger partial charge in [0.2, 0.25) is 0 Å². The Morgan fingerprint density at radius 3 is 2.40 bits per heavy atom. The molecule has 0 amide bonds. The van der Waals surface area contributed by atoms with Crippen molar-refractivity contribution in [2.75, 3.05) is 36.5 Å². The molecule has 1 aromatic carbocycles. The fraction of sp³-hybridized carbons (Fsp3) is 0.647. The zero-order valence-electron chi connectivity index (χ0n) is 12.9. The van der Waals surface area contributed by atoms with Crippen LogP contribution in [0.5, 0.6) is 0 Å². The molecule has 0 bridgehead atoms. The Hall–Kier alpha value is -1.22. The minimum absolute atomic E-state index is 0.00186. The molecule has 112 valence electrons. The van der Waals surface area contributed by atoms with Gasteiger partial charge in [-0.3, -0.25) is 0 Å². The highest BCUT2D eigenvalue weighted by atomic mass is 16.3. The van der Waals surface area contributed by atoms with Crippen LogP contribution in [0.2, 0.25) is 0 Å². The summed E-state index contributed by atoms with van der Waals surface area (Å²) in [5.41, 5.74) is 2.51. The van der Waals surface area contributed by atoms with Gasteiger partial charge in [0, 0.05) is 25.0 Å². The lowest BCUT2D eigenvalue weighted by Gasteiger charge is -2.31. The van der Waals surface area contributed by atoms with Crippen LogP contribution >= 0.6 is 0 Å². The Morgan fingerprint density at radius 2 is 1.80 bits per heavy atom. The van der Waals surface area contributed by atoms with Crippen LogP contribution in [0.3, 0.4) is 0 Å². The maximum absolute atomic E-state index is 9.68. The van der Waals surface area contributed by atoms with Crippen LogP contribution in [0.15, 0.2) is 24.3 Å². The maximum Gasteiger partial charge on any atom is 0.0602 e. The summed E-state index contributed by atoms with van der Waals surface area (Å²) in [4.78, 5) is 2.46. The molecular formula is C17H28N2O. The Morgan fingerprint density at radius 1 is 1.15 bits per heavy atom. The van der Waals surface area contributed by atoms with Gasteiger partial charge in [-0.1, -0.05) is 26.0 Å². The molecule has 0 saturated carbocycles. The third kappa shape index (κ3) is 3.26. The normalized spacial score (nSPS) is 15.7. The zero-order chi connectivity index (χ0) is 14.4. The molecule has 3 heteroatoms. The Labute approximate surface area is 123 Å². The quantitative estimate of drug-likeness (QED) is 0.800. The SMILES string of the molecule is CCC(CC)(CO)CNc1ccccc1N1CCCC1. The number of hydrogen-bond acceptors (Lipinski definition) is 3. The van der Waals surface area contributed by atoms with E-state index in [-0.39, 0.29) is 12.0 Å². The molecule has 20 heavy (non-hydrogen) atoms. The molecular weight excluding hydrogens is 248 g/mol. The van der Waals surface area contributed by atoms with Crippen molar-refractivity contribution in [3.05, 3.63) is 24.3 Å². The predicted molar refractivity (Wildman–Crippen MR) is 86.5 cm³/mol. The number of hydrogen-bond donors (Lipinski definition) is 2. The largest absolute Gasteiger partial charge is 0.396 e. The summed E-state index contributed by atoms with van der Waals surface area (Å²) >= 11 is 0. The second kappa shape index (κ2) is 6.98. The Bertz CT molecular complexity index is 401. The minimum atomic E-state index is -0.00186. The number of aliphatic hydroxyl groups is 1. The summed E-state index contributed by atoms with van der Waals surface area (Å²) in [6, 6.07) is 8.55. The molecule has 2 rings (SSSR count). The average molecular weight is 276 g/mol. The van der Waals surface area contributed by atoms with Crippen molar-refractivity contribution in [3.8, 4) is 0 Å². The van der Waals surface area contributed by atoms with E-state index in [4.69, 9.17) is 0 Å². The Kier molecular flexibility index (Phi) is 5.30. The zero-order valence-corrected chi connectivity index (χ0v) is 12.9. The van der Waals surface area contributed by atoms with Crippen molar-refractivity contribution < 1.29 is 5.11 Å². The molecule has 1 aliphatic rings. The van der Waals surface area contributed by atoms with Gasteiger partial charge in [-0.2, -0.15) is 0 Å². The van der Waals surface area contributed by atoms with Gasteiger partial charge in [0.05, 0.1) is 18.0 Å². The first-order chi connectivity index (χ1) is 9.74. The van der Waals surface area contributed by atoms with Crippen LogP contribution in [0, 0.1) is 5.41 Å². The fourth-order valence-corrected chi connectivity index (χ4v) is 2.92. The van der Waals surface area contributed by atoms with Crippen LogP contribution in [0.1, 0.15) is 39.5 Å². The van der Waals surface area contributed by atoms with Crippen LogP contribution in [0.25, 0.3) is 0 Å². The smallest absolute Gasteiger partial charge is 0.0602 e. The molecule has 1 heterocycles. The van der Waals surface area contributed by atoms with Crippen molar-refractivity contribution in [2.24, 2.45) is 5.41 Å². The number of aliphatic hydroxyl groups excluding tert-OH is 1. The van der Waals surface area contributed by atoms with E-state index in [0.29, 0.717) is 0 Å². The summed E-state index contributed by atoms with van der Waals surface area (Å²) < 4.78 is 0. The molecule has 3 nitrogen and oxygen atoms in total. The second-order valence-electron chi connectivity index (χ2n) is 5.93. The van der Waals surface area contributed by atoms with E-state index in [1.165, 1.54) is 24.2 Å². The summed E-state index contributed by atoms with van der Waals surface area (Å²) in [6.07, 6.45) is 4.58. The van der Waals surface area contributed by atoms with Gasteiger partial charge >= 0.3 is 0 Å². The number of anilines is 2. The highest BCUT2D eigenvalue weighted by molar-refractivity contribution is 5.70. The molecule has 1 saturated heterocycles. The first-order valence-electron chi connectivity index (χ1n) is 7.93. The van der Waals surface area contributed by atoms with Crippen molar-refractivity contribution in [1.29, 1.82) is 0 Å². The van der Waals surface area contributed by atoms with E-state index in [1.807, 2.05) is 0 Å². The highest BCUT2D eigenvalue weighted by Gasteiger charge is 2.25. The van der Waals surface area contributed by atoms with E-state index in [2.05, 4.69) is 48.3 Å². The van der Waals surface area contributed by atoms with Crippen LogP contribution < -0.4 is 10.2 Å². The molecule has 1 aromatic rings. The number of nitrogens with zero attached hydrogens (tertiary/aromatic N) is 1. The van der Waals surface area contributed by atoms with Gasteiger partial charge in [-0.25, -0.2) is 0 Å². The summed E-state index contributed by atoms with van der Waals surface area (Å²) in [5, 5.41) is 13.3. The topological polar surface area (TPSA) is 35.5 Å². The minimum Gasteiger partial charge on any atom is -0.396 e. The van der Waals surface area contributed by atoms with E-state index in [0.717, 1.165) is 32.5 Å². The molecule has 2 N–H and O–H groups in total. The molecule has 0 spiro atoms. The van der Waals surface area contributed by atoms with Gasteiger partial charge in [-0.15, -0.1) is 0 Å². The van der Waals surface area contributed by atoms with Gasteiger partial charge < -0.3 is 15.3 Å². The number of para-hydroxylation sites is 2. The molecule has 0 unspecified atom stereocenters. The van der Waals surface area contributed by atoms with Gasteiger partial charge in [0.1, 0.15) is 0 Å². The lowest BCUT2D eigenvalue weighted by Crippen LogP contribution is -2.32. The van der Waals surface area contributed by atoms with E-state index in [1.54, 1.807) is 0 Å². The predicted octanol–water partition coefficient (Wildman–Crippen LogP) is 3.50. The van der Waals surface area contributed by atoms with Crippen molar-refractivity contribution >= 4 is 11.4 Å². The average Bonchev–Trinajstić information content (AvgIpc) is 3.04. The molecule has 0 aromatic heterocycles. The van der Waals surface area contributed by atoms with Gasteiger partial charge in [-0.05, 0) is 37.8 Å². The van der Waals surface area contributed by atoms with Crippen molar-refractivity contribution in [1.82, 2.24) is 0 Å². The lowest BCUT2D eigenvalue weighted by molar-refractivity contribution is 0.127. The number of benzene rings is 1. The van der Waals surface area contributed by atoms with E-state index >= 15 is 0 Å². The molecule has 1 fully saturated rings. The van der Waals surface area contributed by atoms with Gasteiger partial charge in [0.15, 0.2) is 0 Å². The molecule has 0 aliphatic carbocycles. The molecule has 1 aliphatic heterocycles. The third-order valence-corrected chi connectivity index (χ3v) is 4.84. The van der Waals surface area contributed by atoms with Crippen molar-refractivity contribution in [2.45, 2.75) is 39.5 Å². The maximum atomic E-state index is 9.68. The van der Waals surface area contributed by atoms with E-state index < -0.39 is 0 Å². The monoisotopic (exact) mass is 276 g/mol. The van der Waals surface area contributed by atoms with E-state index in [9.17, 15) is 5.11 Å². The highest BCUT2D eigenvalue weighted by Crippen LogP contribution is 2.31. The second-order valence-corrected chi connectivity index (χ2v) is 5.93. The number of nitrogens with one attached hydrogen (secondary N) is 1. The summed E-state index contributed by atoms with van der Waals surface area (Å²) in [7, 11) is 0. The first kappa shape index (κ1) is 15.2. The first-order valence-corrected chi connectivity index (χ1v) is 7.93. The molecule has 0 radical (unpaired) electrons. The van der Waals surface area contributed by atoms with Crippen LogP contribution in [-0.4, -0.2) is 31.3 Å². The lowest BCUT2D eigenvalue weighted by atomic mass is 9.83. The standard InChI is InChI=1S/C17H28N2O/c1-3-17(4-2,14-20)13-18-15-9-5-6-10-16(15)19-11-7-8-12-19/h5-6,9-10,18,20H,3-4,7-8,11-14H2,1-2H3. The third-order valence-electron chi connectivity index (χ3n) is 4.84. The summed E-state index contributed by atoms with van der Waals surface area (Å²) in [6.45, 7) is 7.72. The fourth-order valence-electron chi connectivity index (χ4n) is 2.92. The van der Waals surface area contributed by atoms with Crippen LogP contribution in [0.4, 0.5) is 11.4 Å². The molecule has 0 atom stereocenters. The van der Waals surface area contributed by atoms with Crippen molar-refractivity contribution in [3.63, 3.8) is 0 Å². The summed E-state index contributed by atoms with van der Waals surface area (Å²) in [5.74, 6) is 0. The van der Waals surface area contributed by atoms with Crippen LogP contribution in [-0.2, 0) is 0 Å².